The molecule has 0 aliphatic rings. The van der Waals surface area contributed by atoms with Crippen LogP contribution in [0.25, 0.3) is 10.8 Å². The average Bonchev–Trinajstić information content (AvgIpc) is 3.51. The molecule has 0 unspecified atom stereocenters. The number of aryl methyl sites for hydroxylation is 5. The number of nitrogens with zero attached hydrogens (tertiary/aromatic N) is 3. The van der Waals surface area contributed by atoms with E-state index < -0.39 is 11.6 Å². The molecule has 196 valence electrons. The molecule has 0 aliphatic carbocycles. The molecule has 3 aromatic heterocycles. The zero-order valence-corrected chi connectivity index (χ0v) is 23.2. The number of aliphatic carboxylic acids is 1. The van der Waals surface area contributed by atoms with E-state index in [1.807, 2.05) is 45.9 Å². The van der Waals surface area contributed by atoms with Crippen molar-refractivity contribution in [3.8, 4) is 16.5 Å². The molecule has 0 bridgehead atoms. The first-order valence-corrected chi connectivity index (χ1v) is 12.9. The Morgan fingerprint density at radius 3 is 2.32 bits per heavy atom. The highest BCUT2D eigenvalue weighted by atomic mass is 32.1. The molecule has 0 amide bonds. The summed E-state index contributed by atoms with van der Waals surface area (Å²) in [7, 11) is 0. The molecule has 1 aromatic carbocycles. The standard InChI is InChI=1S/C28H33N3O5S/c1-16-10-21(11-17(2)25(16)36-28(6,7)27(32)33)13-31(15-24-29-12-18(3)34-24)14-22-20(5)35-26(30-22)23-9-8-19(4)37-23/h8-12H,13-15H2,1-7H3,(H,32,33). The zero-order valence-electron chi connectivity index (χ0n) is 22.3. The highest BCUT2D eigenvalue weighted by Gasteiger charge is 2.30. The van der Waals surface area contributed by atoms with E-state index in [1.54, 1.807) is 31.4 Å². The number of carbonyl (C=O) groups is 1. The van der Waals surface area contributed by atoms with Crippen LogP contribution in [0.15, 0.2) is 39.3 Å². The van der Waals surface area contributed by atoms with Gasteiger partial charge in [-0.25, -0.2) is 14.8 Å². The Hall–Kier alpha value is -3.43. The number of thiophene rings is 1. The number of hydrogen-bond donors (Lipinski definition) is 1. The van der Waals surface area contributed by atoms with Crippen molar-refractivity contribution < 1.29 is 23.5 Å². The van der Waals surface area contributed by atoms with Crippen LogP contribution in [0, 0.1) is 34.6 Å². The third kappa shape index (κ3) is 6.29. The first kappa shape index (κ1) is 26.6. The summed E-state index contributed by atoms with van der Waals surface area (Å²) >= 11 is 1.66. The third-order valence-corrected chi connectivity index (χ3v) is 7.03. The van der Waals surface area contributed by atoms with Crippen molar-refractivity contribution in [2.75, 3.05) is 0 Å². The van der Waals surface area contributed by atoms with Crippen LogP contribution in [0.4, 0.5) is 0 Å². The average molecular weight is 524 g/mol. The van der Waals surface area contributed by atoms with Crippen molar-refractivity contribution in [1.29, 1.82) is 0 Å². The molecule has 0 saturated carbocycles. The van der Waals surface area contributed by atoms with Crippen LogP contribution < -0.4 is 4.74 Å². The number of oxazole rings is 2. The Kier molecular flexibility index (Phi) is 7.57. The number of rotatable bonds is 10. The first-order chi connectivity index (χ1) is 17.4. The van der Waals surface area contributed by atoms with Crippen LogP contribution in [0.1, 0.15) is 58.5 Å². The van der Waals surface area contributed by atoms with Gasteiger partial charge >= 0.3 is 5.97 Å². The van der Waals surface area contributed by atoms with Crippen LogP contribution in [-0.4, -0.2) is 31.5 Å². The Bertz CT molecular complexity index is 1390. The molecule has 37 heavy (non-hydrogen) atoms. The molecule has 1 N–H and O–H groups in total. The second-order valence-corrected chi connectivity index (χ2v) is 11.2. The smallest absolute Gasteiger partial charge is 0.347 e. The molecule has 0 aliphatic heterocycles. The summed E-state index contributed by atoms with van der Waals surface area (Å²) in [6.45, 7) is 14.5. The lowest BCUT2D eigenvalue weighted by Crippen LogP contribution is -2.38. The maximum atomic E-state index is 11.6. The van der Waals surface area contributed by atoms with E-state index in [0.717, 1.165) is 38.8 Å². The molecular formula is C28H33N3O5S. The fraction of sp³-hybridized carbons (Fsp3) is 0.393. The zero-order chi connectivity index (χ0) is 26.9. The van der Waals surface area contributed by atoms with Crippen molar-refractivity contribution in [2.45, 2.75) is 73.7 Å². The SMILES string of the molecule is Cc1cnc(CN(Cc2cc(C)c(OC(C)(C)C(=O)O)c(C)c2)Cc2nc(-c3ccc(C)s3)oc2C)o1. The number of aromatic nitrogens is 2. The van der Waals surface area contributed by atoms with E-state index in [1.165, 1.54) is 4.88 Å². The maximum absolute atomic E-state index is 11.6. The van der Waals surface area contributed by atoms with Gasteiger partial charge in [0.2, 0.25) is 11.8 Å². The number of hydrogen-bond acceptors (Lipinski definition) is 8. The largest absolute Gasteiger partial charge is 0.478 e. The second-order valence-electron chi connectivity index (χ2n) is 9.92. The first-order valence-electron chi connectivity index (χ1n) is 12.1. The van der Waals surface area contributed by atoms with Crippen LogP contribution >= 0.6 is 11.3 Å². The van der Waals surface area contributed by atoms with E-state index in [2.05, 4.69) is 22.9 Å². The summed E-state index contributed by atoms with van der Waals surface area (Å²) in [6.07, 6.45) is 1.72. The second kappa shape index (κ2) is 10.5. The summed E-state index contributed by atoms with van der Waals surface area (Å²) in [6, 6.07) is 8.16. The lowest BCUT2D eigenvalue weighted by molar-refractivity contribution is -0.152. The molecule has 0 saturated heterocycles. The highest BCUT2D eigenvalue weighted by molar-refractivity contribution is 7.15. The third-order valence-electron chi connectivity index (χ3n) is 6.04. The molecule has 3 heterocycles. The van der Waals surface area contributed by atoms with Gasteiger partial charge in [0.1, 0.15) is 17.3 Å². The molecule has 0 fully saturated rings. The van der Waals surface area contributed by atoms with Crippen molar-refractivity contribution >= 4 is 17.3 Å². The fourth-order valence-electron chi connectivity index (χ4n) is 4.12. The normalized spacial score (nSPS) is 11.9. The predicted molar refractivity (Wildman–Crippen MR) is 142 cm³/mol. The Balaban J connectivity index is 1.60. The molecule has 0 atom stereocenters. The quantitative estimate of drug-likeness (QED) is 0.256. The van der Waals surface area contributed by atoms with Crippen LogP contribution in [-0.2, 0) is 24.4 Å². The molecule has 4 rings (SSSR count). The minimum absolute atomic E-state index is 0.496. The van der Waals surface area contributed by atoms with Gasteiger partial charge in [0, 0.05) is 18.0 Å². The van der Waals surface area contributed by atoms with Gasteiger partial charge in [-0.1, -0.05) is 12.1 Å². The number of carboxylic acid groups (broad SMARTS) is 1. The molecule has 0 radical (unpaired) electrons. The topological polar surface area (TPSA) is 102 Å². The Morgan fingerprint density at radius 2 is 1.76 bits per heavy atom. The van der Waals surface area contributed by atoms with Gasteiger partial charge < -0.3 is 18.7 Å². The van der Waals surface area contributed by atoms with E-state index >= 15 is 0 Å². The van der Waals surface area contributed by atoms with E-state index in [9.17, 15) is 9.90 Å². The minimum Gasteiger partial charge on any atom is -0.478 e. The van der Waals surface area contributed by atoms with Crippen LogP contribution in [0.3, 0.4) is 0 Å². The lowest BCUT2D eigenvalue weighted by atomic mass is 10.0. The fourth-order valence-corrected chi connectivity index (χ4v) is 4.92. The van der Waals surface area contributed by atoms with Crippen LogP contribution in [0.2, 0.25) is 0 Å². The van der Waals surface area contributed by atoms with Gasteiger partial charge in [-0.2, -0.15) is 0 Å². The molecule has 0 spiro atoms. The van der Waals surface area contributed by atoms with Gasteiger partial charge in [-0.3, -0.25) is 4.90 Å². The number of ether oxygens (including phenoxy) is 1. The van der Waals surface area contributed by atoms with Crippen LogP contribution in [0.5, 0.6) is 5.75 Å². The Labute approximate surface area is 220 Å². The molecule has 8 nitrogen and oxygen atoms in total. The predicted octanol–water partition coefficient (Wildman–Crippen LogP) is 6.38. The van der Waals surface area contributed by atoms with E-state index in [0.29, 0.717) is 37.2 Å². The maximum Gasteiger partial charge on any atom is 0.347 e. The Morgan fingerprint density at radius 1 is 1.05 bits per heavy atom. The minimum atomic E-state index is -1.32. The summed E-state index contributed by atoms with van der Waals surface area (Å²) in [4.78, 5) is 25.2. The van der Waals surface area contributed by atoms with Gasteiger partial charge in [0.15, 0.2) is 5.60 Å². The van der Waals surface area contributed by atoms with Crippen molar-refractivity contribution in [3.05, 3.63) is 75.1 Å². The van der Waals surface area contributed by atoms with Gasteiger partial charge in [0.05, 0.1) is 23.3 Å². The van der Waals surface area contributed by atoms with Gasteiger partial charge in [-0.05, 0) is 77.3 Å². The van der Waals surface area contributed by atoms with Crippen molar-refractivity contribution in [1.82, 2.24) is 14.9 Å². The van der Waals surface area contributed by atoms with Crippen molar-refractivity contribution in [3.63, 3.8) is 0 Å². The molecule has 4 aromatic rings. The van der Waals surface area contributed by atoms with Gasteiger partial charge in [-0.15, -0.1) is 11.3 Å². The molecule has 9 heteroatoms. The van der Waals surface area contributed by atoms with Crippen molar-refractivity contribution in [2.24, 2.45) is 0 Å². The summed E-state index contributed by atoms with van der Waals surface area (Å²) in [5, 5.41) is 9.48. The van der Waals surface area contributed by atoms with E-state index in [4.69, 9.17) is 18.6 Å². The van der Waals surface area contributed by atoms with Gasteiger partial charge in [0.25, 0.3) is 0 Å². The number of benzene rings is 1. The lowest BCUT2D eigenvalue weighted by Gasteiger charge is -2.25. The summed E-state index contributed by atoms with van der Waals surface area (Å²) < 4.78 is 17.7. The summed E-state index contributed by atoms with van der Waals surface area (Å²) in [5.41, 5.74) is 2.36. The summed E-state index contributed by atoms with van der Waals surface area (Å²) in [5.74, 6) is 2.38. The van der Waals surface area contributed by atoms with E-state index in [-0.39, 0.29) is 0 Å². The highest BCUT2D eigenvalue weighted by Crippen LogP contribution is 2.31. The number of carboxylic acids is 1. The molecular weight excluding hydrogens is 490 g/mol. The monoisotopic (exact) mass is 523 g/mol.